The second-order valence-electron chi connectivity index (χ2n) is 8.75. The average molecular weight is 462 g/mol. The third-order valence-electron chi connectivity index (χ3n) is 6.64. The Morgan fingerprint density at radius 2 is 1.94 bits per heavy atom. The first-order valence-corrected chi connectivity index (χ1v) is 11.4. The van der Waals surface area contributed by atoms with E-state index in [0.29, 0.717) is 28.3 Å². The van der Waals surface area contributed by atoms with Crippen LogP contribution >= 0.6 is 0 Å². The van der Waals surface area contributed by atoms with Crippen molar-refractivity contribution in [3.63, 3.8) is 0 Å². The summed E-state index contributed by atoms with van der Waals surface area (Å²) >= 11 is 0. The number of halogens is 1. The summed E-state index contributed by atoms with van der Waals surface area (Å²) in [6.45, 7) is 7.26. The van der Waals surface area contributed by atoms with Crippen LogP contribution in [0.1, 0.15) is 5.56 Å². The molecular weight excluding hydrogens is 437 g/mol. The van der Waals surface area contributed by atoms with Crippen molar-refractivity contribution in [2.75, 3.05) is 44.3 Å². The van der Waals surface area contributed by atoms with Crippen LogP contribution in [0.15, 0.2) is 47.4 Å². The number of benzene rings is 1. The number of para-hydroxylation sites is 1. The highest BCUT2D eigenvalue weighted by atomic mass is 19.1. The van der Waals surface area contributed by atoms with Crippen LogP contribution in [0.4, 0.5) is 10.2 Å². The Hall–Kier alpha value is -3.63. The van der Waals surface area contributed by atoms with Crippen LogP contribution in [-0.2, 0) is 4.74 Å². The molecule has 1 aromatic carbocycles. The van der Waals surface area contributed by atoms with Crippen LogP contribution in [-0.4, -0.2) is 75.3 Å². The molecule has 2 saturated heterocycles. The Kier molecular flexibility index (Phi) is 5.11. The molecule has 2 aliphatic rings. The summed E-state index contributed by atoms with van der Waals surface area (Å²) in [5.74, 6) is 0.412. The number of pyridine rings is 1. The molecule has 0 amide bonds. The normalized spacial score (nSPS) is 17.3. The van der Waals surface area contributed by atoms with Gasteiger partial charge in [-0.3, -0.25) is 14.8 Å². The zero-order valence-electron chi connectivity index (χ0n) is 18.7. The molecule has 34 heavy (non-hydrogen) atoms. The number of hydrogen-bond acceptors (Lipinski definition) is 7. The maximum Gasteiger partial charge on any atom is 0.273 e. The van der Waals surface area contributed by atoms with E-state index in [1.807, 2.05) is 12.1 Å². The van der Waals surface area contributed by atoms with Gasteiger partial charge in [0.15, 0.2) is 0 Å². The standard InChI is InChI=1S/C24H24FN7O2/c1-15-3-2-4-18(25)24(15)32-21(33)11-19-23(29-32)22(28-27-19)16-5-6-20(26-12-16)31-9-7-30(8-10-31)17-13-34-14-17/h2-6,11-12,17,27H,7-10,13-14H2,1H3. The number of aromatic amines is 1. The summed E-state index contributed by atoms with van der Waals surface area (Å²) in [5.41, 5.74) is 2.63. The largest absolute Gasteiger partial charge is 0.378 e. The highest BCUT2D eigenvalue weighted by Gasteiger charge is 2.29. The van der Waals surface area contributed by atoms with Gasteiger partial charge < -0.3 is 9.64 Å². The van der Waals surface area contributed by atoms with Crippen LogP contribution < -0.4 is 10.5 Å². The SMILES string of the molecule is Cc1cccc(F)c1-n1nc2c(-c3ccc(N4CCN(C5COC5)CC4)nc3)n[nH]c2cc1=O. The number of H-pyrrole nitrogens is 1. The number of nitrogens with one attached hydrogen (secondary N) is 1. The number of aryl methyl sites for hydroxylation is 1. The van der Waals surface area contributed by atoms with Crippen LogP contribution in [0.2, 0.25) is 0 Å². The van der Waals surface area contributed by atoms with Crippen molar-refractivity contribution in [2.24, 2.45) is 0 Å². The van der Waals surface area contributed by atoms with Crippen molar-refractivity contribution < 1.29 is 9.13 Å². The lowest BCUT2D eigenvalue weighted by Crippen LogP contribution is -2.56. The minimum Gasteiger partial charge on any atom is -0.378 e. The van der Waals surface area contributed by atoms with Crippen LogP contribution in [0, 0.1) is 12.7 Å². The molecule has 0 aliphatic carbocycles. The highest BCUT2D eigenvalue weighted by Crippen LogP contribution is 2.26. The smallest absolute Gasteiger partial charge is 0.273 e. The Labute approximate surface area is 194 Å². The fourth-order valence-corrected chi connectivity index (χ4v) is 4.60. The molecule has 0 radical (unpaired) electrons. The van der Waals surface area contributed by atoms with Gasteiger partial charge in [-0.05, 0) is 30.7 Å². The second kappa shape index (κ2) is 8.30. The fourth-order valence-electron chi connectivity index (χ4n) is 4.60. The van der Waals surface area contributed by atoms with Gasteiger partial charge >= 0.3 is 0 Å². The molecule has 4 aromatic rings. The quantitative estimate of drug-likeness (QED) is 0.498. The van der Waals surface area contributed by atoms with Gasteiger partial charge in [0.25, 0.3) is 5.56 Å². The molecule has 3 aromatic heterocycles. The lowest BCUT2D eigenvalue weighted by molar-refractivity contribution is -0.0660. The van der Waals surface area contributed by atoms with Gasteiger partial charge in [0, 0.05) is 44.0 Å². The van der Waals surface area contributed by atoms with Crippen molar-refractivity contribution in [1.82, 2.24) is 29.9 Å². The lowest BCUT2D eigenvalue weighted by atomic mass is 10.1. The Morgan fingerprint density at radius 1 is 1.12 bits per heavy atom. The molecule has 174 valence electrons. The number of aromatic nitrogens is 5. The molecule has 0 atom stereocenters. The number of piperazine rings is 1. The van der Waals surface area contributed by atoms with Gasteiger partial charge in [-0.1, -0.05) is 12.1 Å². The molecular formula is C24H24FN7O2. The molecule has 2 fully saturated rings. The van der Waals surface area contributed by atoms with Crippen LogP contribution in [0.5, 0.6) is 0 Å². The van der Waals surface area contributed by atoms with E-state index < -0.39 is 11.4 Å². The van der Waals surface area contributed by atoms with Gasteiger partial charge in [-0.2, -0.15) is 14.9 Å². The number of fused-ring (bicyclic) bond motifs is 1. The van der Waals surface area contributed by atoms with E-state index >= 15 is 0 Å². The van der Waals surface area contributed by atoms with Crippen molar-refractivity contribution in [1.29, 1.82) is 0 Å². The first-order valence-electron chi connectivity index (χ1n) is 11.4. The molecule has 5 heterocycles. The summed E-state index contributed by atoms with van der Waals surface area (Å²) in [6, 6.07) is 10.6. The molecule has 10 heteroatoms. The molecule has 0 spiro atoms. The minimum atomic E-state index is -0.505. The summed E-state index contributed by atoms with van der Waals surface area (Å²) in [7, 11) is 0. The van der Waals surface area contributed by atoms with E-state index in [2.05, 4.69) is 30.1 Å². The summed E-state index contributed by atoms with van der Waals surface area (Å²) in [5, 5.41) is 11.7. The molecule has 2 aliphatic heterocycles. The monoisotopic (exact) mass is 461 g/mol. The van der Waals surface area contributed by atoms with Gasteiger partial charge in [-0.25, -0.2) is 9.37 Å². The van der Waals surface area contributed by atoms with Crippen molar-refractivity contribution >= 4 is 16.9 Å². The van der Waals surface area contributed by atoms with Crippen molar-refractivity contribution in [3.05, 3.63) is 64.3 Å². The van der Waals surface area contributed by atoms with Crippen LogP contribution in [0.25, 0.3) is 28.0 Å². The van der Waals surface area contributed by atoms with Crippen molar-refractivity contribution in [3.8, 4) is 16.9 Å². The molecule has 1 N–H and O–H groups in total. The molecule has 0 unspecified atom stereocenters. The maximum absolute atomic E-state index is 14.5. The highest BCUT2D eigenvalue weighted by molar-refractivity contribution is 5.89. The number of rotatable bonds is 4. The number of hydrogen-bond donors (Lipinski definition) is 1. The van der Waals surface area contributed by atoms with Gasteiger partial charge in [-0.15, -0.1) is 0 Å². The van der Waals surface area contributed by atoms with Gasteiger partial charge in [0.2, 0.25) is 0 Å². The van der Waals surface area contributed by atoms with E-state index in [-0.39, 0.29) is 5.69 Å². The topological polar surface area (TPSA) is 92.2 Å². The van der Waals surface area contributed by atoms with E-state index in [0.717, 1.165) is 55.5 Å². The van der Waals surface area contributed by atoms with E-state index in [4.69, 9.17) is 4.74 Å². The molecule has 0 saturated carbocycles. The summed E-state index contributed by atoms with van der Waals surface area (Å²) in [6.07, 6.45) is 1.77. The Balaban J connectivity index is 1.29. The number of anilines is 1. The number of ether oxygens (including phenoxy) is 1. The third-order valence-corrected chi connectivity index (χ3v) is 6.64. The van der Waals surface area contributed by atoms with E-state index in [9.17, 15) is 9.18 Å². The molecule has 9 nitrogen and oxygen atoms in total. The van der Waals surface area contributed by atoms with E-state index in [1.165, 1.54) is 12.1 Å². The first kappa shape index (κ1) is 20.9. The fraction of sp³-hybridized carbons (Fsp3) is 0.333. The zero-order valence-corrected chi connectivity index (χ0v) is 18.7. The predicted octanol–water partition coefficient (Wildman–Crippen LogP) is 2.14. The maximum atomic E-state index is 14.5. The predicted molar refractivity (Wildman–Crippen MR) is 126 cm³/mol. The second-order valence-corrected chi connectivity index (χ2v) is 8.75. The van der Waals surface area contributed by atoms with Gasteiger partial charge in [0.1, 0.15) is 28.5 Å². The van der Waals surface area contributed by atoms with Gasteiger partial charge in [0.05, 0.1) is 24.8 Å². The third kappa shape index (κ3) is 3.55. The van der Waals surface area contributed by atoms with E-state index in [1.54, 1.807) is 25.3 Å². The lowest BCUT2D eigenvalue weighted by Gasteiger charge is -2.42. The zero-order chi connectivity index (χ0) is 23.2. The molecule has 6 rings (SSSR count). The Morgan fingerprint density at radius 3 is 2.62 bits per heavy atom. The summed E-state index contributed by atoms with van der Waals surface area (Å²) in [4.78, 5) is 22.1. The van der Waals surface area contributed by atoms with Crippen LogP contribution in [0.3, 0.4) is 0 Å². The Bertz CT molecular complexity index is 1380. The molecule has 0 bridgehead atoms. The first-order chi connectivity index (χ1) is 16.6. The number of nitrogens with zero attached hydrogens (tertiary/aromatic N) is 6. The van der Waals surface area contributed by atoms with Crippen molar-refractivity contribution in [2.45, 2.75) is 13.0 Å². The average Bonchev–Trinajstić information content (AvgIpc) is 3.21. The summed E-state index contributed by atoms with van der Waals surface area (Å²) < 4.78 is 20.9. The minimum absolute atomic E-state index is 0.141.